The summed E-state index contributed by atoms with van der Waals surface area (Å²) in [5.41, 5.74) is 0.515. The Bertz CT molecular complexity index is 368. The van der Waals surface area contributed by atoms with E-state index in [2.05, 4.69) is 38.5 Å². The normalized spacial score (nSPS) is 10.0. The number of alkyl halides is 1. The van der Waals surface area contributed by atoms with Crippen molar-refractivity contribution >= 4 is 55.9 Å². The summed E-state index contributed by atoms with van der Waals surface area (Å²) in [4.78, 5) is 11.5. The maximum absolute atomic E-state index is 11.5. The Kier molecular flexibility index (Phi) is 4.66. The molecule has 0 bridgehead atoms. The van der Waals surface area contributed by atoms with E-state index in [-0.39, 0.29) is 11.1 Å². The van der Waals surface area contributed by atoms with E-state index >= 15 is 0 Å². The number of Topliss-reactive ketones (excluding diaryl/α,β-unsaturated/α-hetero) is 1. The van der Waals surface area contributed by atoms with Crippen LogP contribution in [0, 0.1) is 3.57 Å². The molecule has 0 spiro atoms. The van der Waals surface area contributed by atoms with Crippen molar-refractivity contribution in [3.05, 3.63) is 26.3 Å². The van der Waals surface area contributed by atoms with Gasteiger partial charge in [0.05, 0.1) is 23.0 Å². The lowest BCUT2D eigenvalue weighted by Crippen LogP contribution is -2.04. The van der Waals surface area contributed by atoms with Crippen LogP contribution in [0.4, 0.5) is 0 Å². The number of benzene rings is 1. The third-order valence-electron chi connectivity index (χ3n) is 1.63. The molecule has 0 saturated carbocycles. The van der Waals surface area contributed by atoms with Gasteiger partial charge in [-0.05, 0) is 34.7 Å². The molecule has 5 heteroatoms. The standard InChI is InChI=1S/C9H7BrClIO2/c1-14-9-6(8(13)4-10)2-5(12)3-7(9)11/h2-3H,4H2,1H3. The summed E-state index contributed by atoms with van der Waals surface area (Å²) in [7, 11) is 1.50. The summed E-state index contributed by atoms with van der Waals surface area (Å²) in [6.07, 6.45) is 0. The van der Waals surface area contributed by atoms with Crippen LogP contribution in [0.1, 0.15) is 10.4 Å². The Hall–Kier alpha value is 0.190. The maximum Gasteiger partial charge on any atom is 0.177 e. The first-order chi connectivity index (χ1) is 6.60. The number of hydrogen-bond donors (Lipinski definition) is 0. The Morgan fingerprint density at radius 3 is 2.79 bits per heavy atom. The first kappa shape index (κ1) is 12.3. The maximum atomic E-state index is 11.5. The summed E-state index contributed by atoms with van der Waals surface area (Å²) in [6.45, 7) is 0. The summed E-state index contributed by atoms with van der Waals surface area (Å²) >= 11 is 11.2. The molecule has 76 valence electrons. The summed E-state index contributed by atoms with van der Waals surface area (Å²) in [5.74, 6) is 0.402. The highest BCUT2D eigenvalue weighted by molar-refractivity contribution is 14.1. The SMILES string of the molecule is COc1c(Cl)cc(I)cc1C(=O)CBr. The number of carbonyl (C=O) groups excluding carboxylic acids is 1. The number of hydrogen-bond acceptors (Lipinski definition) is 2. The fourth-order valence-electron chi connectivity index (χ4n) is 1.05. The molecule has 0 saturated heterocycles. The molecule has 0 amide bonds. The van der Waals surface area contributed by atoms with Crippen LogP contribution in [0.2, 0.25) is 5.02 Å². The largest absolute Gasteiger partial charge is 0.494 e. The Labute approximate surface area is 109 Å². The van der Waals surface area contributed by atoms with Crippen molar-refractivity contribution < 1.29 is 9.53 Å². The zero-order valence-corrected chi connectivity index (χ0v) is 11.8. The van der Waals surface area contributed by atoms with E-state index in [1.807, 2.05) is 0 Å². The smallest absolute Gasteiger partial charge is 0.177 e. The van der Waals surface area contributed by atoms with Gasteiger partial charge in [-0.15, -0.1) is 0 Å². The molecule has 0 atom stereocenters. The average Bonchev–Trinajstić information content (AvgIpc) is 2.15. The number of rotatable bonds is 3. The minimum absolute atomic E-state index is 0.0396. The molecule has 0 aliphatic heterocycles. The highest BCUT2D eigenvalue weighted by atomic mass is 127. The lowest BCUT2D eigenvalue weighted by atomic mass is 10.1. The van der Waals surface area contributed by atoms with E-state index in [1.165, 1.54) is 7.11 Å². The predicted octanol–water partition coefficient (Wildman–Crippen LogP) is 3.53. The lowest BCUT2D eigenvalue weighted by Gasteiger charge is -2.08. The van der Waals surface area contributed by atoms with Gasteiger partial charge in [-0.25, -0.2) is 0 Å². The van der Waals surface area contributed by atoms with Crippen molar-refractivity contribution in [1.29, 1.82) is 0 Å². The Morgan fingerprint density at radius 1 is 1.64 bits per heavy atom. The van der Waals surface area contributed by atoms with Crippen molar-refractivity contribution in [2.24, 2.45) is 0 Å². The number of ether oxygens (including phenoxy) is 1. The van der Waals surface area contributed by atoms with E-state index in [1.54, 1.807) is 12.1 Å². The van der Waals surface area contributed by atoms with Crippen LogP contribution >= 0.6 is 50.1 Å². The van der Waals surface area contributed by atoms with Gasteiger partial charge in [0.25, 0.3) is 0 Å². The van der Waals surface area contributed by atoms with Gasteiger partial charge in [0.1, 0.15) is 5.75 Å². The molecule has 0 aromatic heterocycles. The van der Waals surface area contributed by atoms with Gasteiger partial charge in [0.2, 0.25) is 0 Å². The van der Waals surface area contributed by atoms with Crippen molar-refractivity contribution in [2.75, 3.05) is 12.4 Å². The van der Waals surface area contributed by atoms with Gasteiger partial charge in [0.15, 0.2) is 5.78 Å². The molecule has 0 fully saturated rings. The first-order valence-corrected chi connectivity index (χ1v) is 6.30. The van der Waals surface area contributed by atoms with Crippen molar-refractivity contribution in [3.8, 4) is 5.75 Å². The first-order valence-electron chi connectivity index (χ1n) is 3.72. The fourth-order valence-corrected chi connectivity index (χ4v) is 2.45. The molecule has 2 nitrogen and oxygen atoms in total. The van der Waals surface area contributed by atoms with Crippen LogP contribution in [-0.4, -0.2) is 18.2 Å². The zero-order chi connectivity index (χ0) is 10.7. The fraction of sp³-hybridized carbons (Fsp3) is 0.222. The number of carbonyl (C=O) groups is 1. The molecule has 0 aliphatic rings. The molecule has 1 aromatic carbocycles. The van der Waals surface area contributed by atoms with E-state index in [0.717, 1.165) is 3.57 Å². The Balaban J connectivity index is 3.32. The van der Waals surface area contributed by atoms with Crippen LogP contribution < -0.4 is 4.74 Å². The molecule has 0 heterocycles. The van der Waals surface area contributed by atoms with Crippen molar-refractivity contribution in [3.63, 3.8) is 0 Å². The molecule has 0 aliphatic carbocycles. The lowest BCUT2D eigenvalue weighted by molar-refractivity contribution is 0.102. The van der Waals surface area contributed by atoms with Crippen molar-refractivity contribution in [2.45, 2.75) is 0 Å². The second kappa shape index (κ2) is 5.32. The molecular formula is C9H7BrClIO2. The van der Waals surface area contributed by atoms with Crippen molar-refractivity contribution in [1.82, 2.24) is 0 Å². The van der Waals surface area contributed by atoms with Gasteiger partial charge in [-0.3, -0.25) is 4.79 Å². The minimum atomic E-state index is -0.0396. The van der Waals surface area contributed by atoms with Crippen LogP contribution in [0.5, 0.6) is 5.75 Å². The predicted molar refractivity (Wildman–Crippen MR) is 68.8 cm³/mol. The molecule has 1 rings (SSSR count). The van der Waals surface area contributed by atoms with Crippen LogP contribution in [0.25, 0.3) is 0 Å². The van der Waals surface area contributed by atoms with E-state index in [9.17, 15) is 4.79 Å². The molecule has 0 unspecified atom stereocenters. The number of halogens is 3. The molecule has 0 N–H and O–H groups in total. The van der Waals surface area contributed by atoms with E-state index < -0.39 is 0 Å². The summed E-state index contributed by atoms with van der Waals surface area (Å²) in [6, 6.07) is 3.51. The second-order valence-electron chi connectivity index (χ2n) is 2.53. The number of methoxy groups -OCH3 is 1. The molecule has 1 aromatic rings. The topological polar surface area (TPSA) is 26.3 Å². The molecule has 14 heavy (non-hydrogen) atoms. The van der Waals surface area contributed by atoms with E-state index in [0.29, 0.717) is 16.3 Å². The van der Waals surface area contributed by atoms with Gasteiger partial charge >= 0.3 is 0 Å². The highest BCUT2D eigenvalue weighted by Crippen LogP contribution is 2.31. The van der Waals surface area contributed by atoms with Gasteiger partial charge < -0.3 is 4.74 Å². The third kappa shape index (κ3) is 2.61. The van der Waals surface area contributed by atoms with Crippen LogP contribution in [0.3, 0.4) is 0 Å². The summed E-state index contributed by atoms with van der Waals surface area (Å²) < 4.78 is 5.99. The average molecular weight is 389 g/mol. The number of ketones is 1. The van der Waals surface area contributed by atoms with Crippen LogP contribution in [0.15, 0.2) is 12.1 Å². The van der Waals surface area contributed by atoms with Gasteiger partial charge in [0, 0.05) is 3.57 Å². The van der Waals surface area contributed by atoms with Gasteiger partial charge in [-0.2, -0.15) is 0 Å². The summed E-state index contributed by atoms with van der Waals surface area (Å²) in [5, 5.41) is 0.725. The monoisotopic (exact) mass is 388 g/mol. The molecular weight excluding hydrogens is 382 g/mol. The minimum Gasteiger partial charge on any atom is -0.494 e. The highest BCUT2D eigenvalue weighted by Gasteiger charge is 2.15. The second-order valence-corrected chi connectivity index (χ2v) is 4.74. The van der Waals surface area contributed by atoms with E-state index in [4.69, 9.17) is 16.3 Å². The Morgan fingerprint density at radius 2 is 2.29 bits per heavy atom. The van der Waals surface area contributed by atoms with Crippen LogP contribution in [-0.2, 0) is 0 Å². The third-order valence-corrected chi connectivity index (χ3v) is 3.05. The molecule has 0 radical (unpaired) electrons. The zero-order valence-electron chi connectivity index (χ0n) is 7.31. The van der Waals surface area contributed by atoms with Gasteiger partial charge in [-0.1, -0.05) is 27.5 Å². The quantitative estimate of drug-likeness (QED) is 0.449.